The Morgan fingerprint density at radius 2 is 2.15 bits per heavy atom. The second-order valence-corrected chi connectivity index (χ2v) is 7.32. The van der Waals surface area contributed by atoms with Crippen molar-refractivity contribution in [3.63, 3.8) is 0 Å². The van der Waals surface area contributed by atoms with E-state index in [2.05, 4.69) is 15.9 Å². The van der Waals surface area contributed by atoms with Crippen LogP contribution in [0.2, 0.25) is 0 Å². The van der Waals surface area contributed by atoms with Crippen LogP contribution in [0.4, 0.5) is 0 Å². The number of rotatable bonds is 4. The first-order chi connectivity index (χ1) is 6.03. The molecule has 0 saturated carbocycles. The van der Waals surface area contributed by atoms with Crippen LogP contribution >= 0.6 is 27.3 Å². The molecule has 13 heavy (non-hydrogen) atoms. The molecule has 74 valence electrons. The number of hydrogen-bond donors (Lipinski definition) is 1. The van der Waals surface area contributed by atoms with E-state index in [9.17, 15) is 8.42 Å². The summed E-state index contributed by atoms with van der Waals surface area (Å²) in [5.41, 5.74) is 5.19. The molecule has 0 fully saturated rings. The summed E-state index contributed by atoms with van der Waals surface area (Å²) in [6.45, 7) is 0.189. The van der Waals surface area contributed by atoms with Gasteiger partial charge in [0.1, 0.15) is 0 Å². The van der Waals surface area contributed by atoms with Crippen LogP contribution in [0.3, 0.4) is 0 Å². The lowest BCUT2D eigenvalue weighted by Crippen LogP contribution is -2.16. The number of hydrogen-bond acceptors (Lipinski definition) is 4. The van der Waals surface area contributed by atoms with Crippen LogP contribution in [-0.4, -0.2) is 20.7 Å². The van der Waals surface area contributed by atoms with Crippen molar-refractivity contribution in [3.05, 3.63) is 20.8 Å². The quantitative estimate of drug-likeness (QED) is 0.908. The van der Waals surface area contributed by atoms with Crippen LogP contribution in [0.25, 0.3) is 0 Å². The molecule has 0 atom stereocenters. The molecule has 1 rings (SSSR count). The third-order valence-corrected chi connectivity index (χ3v) is 4.83. The summed E-state index contributed by atoms with van der Waals surface area (Å²) in [6, 6.07) is 3.65. The normalized spacial score (nSPS) is 11.8. The molecule has 1 aromatic heterocycles. The van der Waals surface area contributed by atoms with Gasteiger partial charge < -0.3 is 5.73 Å². The second kappa shape index (κ2) is 4.54. The fourth-order valence-corrected chi connectivity index (χ4v) is 3.98. The zero-order chi connectivity index (χ0) is 9.90. The van der Waals surface area contributed by atoms with Crippen LogP contribution in [0, 0.1) is 0 Å². The minimum atomic E-state index is -3.01. The van der Waals surface area contributed by atoms with Gasteiger partial charge in [0.2, 0.25) is 0 Å². The molecule has 0 amide bonds. The Hall–Kier alpha value is 0.0900. The largest absolute Gasteiger partial charge is 0.329 e. The summed E-state index contributed by atoms with van der Waals surface area (Å²) in [5.74, 6) is 0.156. The summed E-state index contributed by atoms with van der Waals surface area (Å²) in [7, 11) is -3.01. The van der Waals surface area contributed by atoms with Crippen LogP contribution in [0.5, 0.6) is 0 Å². The predicted molar refractivity (Wildman–Crippen MR) is 58.6 cm³/mol. The van der Waals surface area contributed by atoms with Gasteiger partial charge >= 0.3 is 0 Å². The maximum absolute atomic E-state index is 11.3. The van der Waals surface area contributed by atoms with Gasteiger partial charge in [-0.1, -0.05) is 0 Å². The van der Waals surface area contributed by atoms with Crippen molar-refractivity contribution in [2.24, 2.45) is 5.73 Å². The maximum atomic E-state index is 11.3. The number of halogens is 1. The molecule has 0 aliphatic carbocycles. The summed E-state index contributed by atoms with van der Waals surface area (Å²) >= 11 is 4.71. The molecule has 3 nitrogen and oxygen atoms in total. The Morgan fingerprint density at radius 3 is 2.62 bits per heavy atom. The fourth-order valence-electron chi connectivity index (χ4n) is 0.898. The number of nitrogens with two attached hydrogens (primary N) is 1. The first kappa shape index (κ1) is 11.2. The third-order valence-electron chi connectivity index (χ3n) is 1.42. The van der Waals surface area contributed by atoms with Crippen LogP contribution in [0.15, 0.2) is 15.9 Å². The summed E-state index contributed by atoms with van der Waals surface area (Å²) in [6.07, 6.45) is 0. The average Bonchev–Trinajstić information content (AvgIpc) is 2.34. The van der Waals surface area contributed by atoms with E-state index in [1.54, 1.807) is 0 Å². The van der Waals surface area contributed by atoms with Gasteiger partial charge in [0.05, 0.1) is 15.3 Å². The van der Waals surface area contributed by atoms with Gasteiger partial charge in [-0.25, -0.2) is 8.42 Å². The zero-order valence-electron chi connectivity index (χ0n) is 6.86. The van der Waals surface area contributed by atoms with Crippen molar-refractivity contribution in [2.75, 3.05) is 12.3 Å². The van der Waals surface area contributed by atoms with Crippen molar-refractivity contribution in [1.82, 2.24) is 0 Å². The van der Waals surface area contributed by atoms with E-state index in [0.717, 1.165) is 8.66 Å². The first-order valence-corrected chi connectivity index (χ1v) is 7.11. The molecule has 0 saturated heterocycles. The van der Waals surface area contributed by atoms with Gasteiger partial charge in [-0.15, -0.1) is 11.3 Å². The van der Waals surface area contributed by atoms with Crippen molar-refractivity contribution in [3.8, 4) is 0 Å². The Bertz CT molecular complexity index is 372. The average molecular weight is 284 g/mol. The highest BCUT2D eigenvalue weighted by Gasteiger charge is 2.11. The van der Waals surface area contributed by atoms with Crippen LogP contribution in [-0.2, 0) is 15.6 Å². The predicted octanol–water partition coefficient (Wildman–Crippen LogP) is 1.38. The summed E-state index contributed by atoms with van der Waals surface area (Å²) < 4.78 is 23.6. The molecule has 0 spiro atoms. The molecular formula is C7H10BrNO2S2. The smallest absolute Gasteiger partial charge is 0.156 e. The van der Waals surface area contributed by atoms with E-state index in [-0.39, 0.29) is 18.1 Å². The Kier molecular flexibility index (Phi) is 3.90. The van der Waals surface area contributed by atoms with E-state index in [1.807, 2.05) is 12.1 Å². The van der Waals surface area contributed by atoms with E-state index in [4.69, 9.17) is 5.73 Å². The van der Waals surface area contributed by atoms with E-state index in [1.165, 1.54) is 11.3 Å². The van der Waals surface area contributed by atoms with Gasteiger partial charge in [0.15, 0.2) is 9.84 Å². The van der Waals surface area contributed by atoms with Gasteiger partial charge in [-0.05, 0) is 28.1 Å². The lowest BCUT2D eigenvalue weighted by Gasteiger charge is -1.98. The summed E-state index contributed by atoms with van der Waals surface area (Å²) in [5, 5.41) is 0. The Balaban J connectivity index is 2.69. The van der Waals surface area contributed by atoms with Crippen molar-refractivity contribution in [2.45, 2.75) is 5.75 Å². The fraction of sp³-hybridized carbons (Fsp3) is 0.429. The lowest BCUT2D eigenvalue weighted by molar-refractivity contribution is 0.595. The highest BCUT2D eigenvalue weighted by atomic mass is 79.9. The molecule has 0 aliphatic heterocycles. The maximum Gasteiger partial charge on any atom is 0.156 e. The van der Waals surface area contributed by atoms with Gasteiger partial charge in [-0.3, -0.25) is 0 Å². The molecule has 0 aliphatic rings. The van der Waals surface area contributed by atoms with Crippen molar-refractivity contribution in [1.29, 1.82) is 0 Å². The van der Waals surface area contributed by atoms with E-state index < -0.39 is 9.84 Å². The minimum absolute atomic E-state index is 0.0581. The zero-order valence-corrected chi connectivity index (χ0v) is 10.1. The monoisotopic (exact) mass is 283 g/mol. The molecule has 1 heterocycles. The molecule has 0 radical (unpaired) electrons. The number of thiophene rings is 1. The SMILES string of the molecule is NCCS(=O)(=O)Cc1ccc(Br)s1. The molecule has 6 heteroatoms. The minimum Gasteiger partial charge on any atom is -0.329 e. The van der Waals surface area contributed by atoms with E-state index >= 15 is 0 Å². The molecular weight excluding hydrogens is 274 g/mol. The second-order valence-electron chi connectivity index (χ2n) is 2.59. The van der Waals surface area contributed by atoms with Crippen molar-refractivity contribution >= 4 is 37.1 Å². The standard InChI is InChI=1S/C7H10BrNO2S2/c8-7-2-1-6(12-7)5-13(10,11)4-3-9/h1-2H,3-5,9H2. The molecule has 0 bridgehead atoms. The Labute approximate surface area is 90.0 Å². The van der Waals surface area contributed by atoms with Crippen molar-refractivity contribution < 1.29 is 8.42 Å². The molecule has 2 N–H and O–H groups in total. The van der Waals surface area contributed by atoms with Gasteiger partial charge in [0, 0.05) is 11.4 Å². The van der Waals surface area contributed by atoms with Gasteiger partial charge in [0.25, 0.3) is 0 Å². The van der Waals surface area contributed by atoms with E-state index in [0.29, 0.717) is 0 Å². The van der Waals surface area contributed by atoms with Gasteiger partial charge in [-0.2, -0.15) is 0 Å². The molecule has 0 unspecified atom stereocenters. The van der Waals surface area contributed by atoms with Crippen LogP contribution < -0.4 is 5.73 Å². The van der Waals surface area contributed by atoms with Crippen LogP contribution in [0.1, 0.15) is 4.88 Å². The molecule has 0 aromatic carbocycles. The summed E-state index contributed by atoms with van der Waals surface area (Å²) in [4.78, 5) is 0.848. The third kappa shape index (κ3) is 3.76. The highest BCUT2D eigenvalue weighted by molar-refractivity contribution is 9.11. The lowest BCUT2D eigenvalue weighted by atomic mass is 10.5. The first-order valence-electron chi connectivity index (χ1n) is 3.68. The topological polar surface area (TPSA) is 60.2 Å². The Morgan fingerprint density at radius 1 is 1.46 bits per heavy atom. The number of sulfone groups is 1. The molecule has 1 aromatic rings. The highest BCUT2D eigenvalue weighted by Crippen LogP contribution is 2.23.